The first kappa shape index (κ1) is 11.6. The summed E-state index contributed by atoms with van der Waals surface area (Å²) < 4.78 is 7.44. The number of rotatable bonds is 3. The average Bonchev–Trinajstić information content (AvgIpc) is 2.78. The van der Waals surface area contributed by atoms with Gasteiger partial charge in [0.15, 0.2) is 0 Å². The Balaban J connectivity index is 2.16. The highest BCUT2D eigenvalue weighted by Crippen LogP contribution is 2.35. The molecule has 0 aromatic carbocycles. The monoisotopic (exact) mass is 224 g/mol. The van der Waals surface area contributed by atoms with Gasteiger partial charge in [-0.05, 0) is 13.3 Å². The molecule has 2 atom stereocenters. The highest BCUT2D eigenvalue weighted by atomic mass is 16.5. The number of aliphatic hydroxyl groups is 1. The zero-order valence-electron chi connectivity index (χ0n) is 10.0. The van der Waals surface area contributed by atoms with Crippen molar-refractivity contribution in [3.05, 3.63) is 18.0 Å². The molecule has 0 radical (unpaired) electrons. The summed E-state index contributed by atoms with van der Waals surface area (Å²) in [6, 6.07) is 0. The van der Waals surface area contributed by atoms with E-state index in [-0.39, 0.29) is 6.10 Å². The third kappa shape index (κ3) is 2.13. The van der Waals surface area contributed by atoms with Crippen LogP contribution in [0.15, 0.2) is 12.4 Å². The number of ether oxygens (including phenoxy) is 1. The molecule has 0 aliphatic carbocycles. The zero-order valence-corrected chi connectivity index (χ0v) is 10.0. The van der Waals surface area contributed by atoms with E-state index in [1.54, 1.807) is 6.20 Å². The molecule has 1 fully saturated rings. The van der Waals surface area contributed by atoms with Gasteiger partial charge in [-0.1, -0.05) is 6.92 Å². The van der Waals surface area contributed by atoms with Crippen LogP contribution in [0.25, 0.3) is 0 Å². The molecule has 1 saturated heterocycles. The number of hydrogen-bond donors (Lipinski definition) is 1. The smallest absolute Gasteiger partial charge is 0.0973 e. The maximum atomic E-state index is 10.6. The third-order valence-electron chi connectivity index (χ3n) is 3.38. The van der Waals surface area contributed by atoms with Crippen LogP contribution in [0, 0.1) is 0 Å². The fraction of sp³-hybridized carbons (Fsp3) is 0.750. The lowest BCUT2D eigenvalue weighted by Gasteiger charge is -2.36. The normalized spacial score (nSPS) is 30.6. The summed E-state index contributed by atoms with van der Waals surface area (Å²) in [6.45, 7) is 5.60. The first-order valence-electron chi connectivity index (χ1n) is 6.05. The second-order valence-electron chi connectivity index (χ2n) is 4.47. The van der Waals surface area contributed by atoms with Gasteiger partial charge < -0.3 is 9.84 Å². The molecule has 0 spiro atoms. The number of aryl methyl sites for hydroxylation is 1. The lowest BCUT2D eigenvalue weighted by molar-refractivity contribution is -0.108. The summed E-state index contributed by atoms with van der Waals surface area (Å²) in [5.74, 6) is 0. The van der Waals surface area contributed by atoms with E-state index < -0.39 is 5.60 Å². The van der Waals surface area contributed by atoms with E-state index in [1.807, 2.05) is 17.8 Å². The molecule has 90 valence electrons. The van der Waals surface area contributed by atoms with Gasteiger partial charge in [-0.3, -0.25) is 4.68 Å². The fourth-order valence-corrected chi connectivity index (χ4v) is 2.23. The average molecular weight is 224 g/mol. The minimum atomic E-state index is -0.744. The van der Waals surface area contributed by atoms with Gasteiger partial charge in [-0.2, -0.15) is 5.10 Å². The predicted molar refractivity (Wildman–Crippen MR) is 61.1 cm³/mol. The summed E-state index contributed by atoms with van der Waals surface area (Å²) in [7, 11) is 0. The van der Waals surface area contributed by atoms with Crippen molar-refractivity contribution in [3.8, 4) is 0 Å². The van der Waals surface area contributed by atoms with Gasteiger partial charge in [-0.25, -0.2) is 0 Å². The molecule has 4 nitrogen and oxygen atoms in total. The van der Waals surface area contributed by atoms with Crippen LogP contribution in [0.4, 0.5) is 0 Å². The van der Waals surface area contributed by atoms with Crippen LogP contribution in [0.2, 0.25) is 0 Å². The highest BCUT2D eigenvalue weighted by molar-refractivity contribution is 5.16. The van der Waals surface area contributed by atoms with E-state index in [9.17, 15) is 5.11 Å². The quantitative estimate of drug-likeness (QED) is 0.849. The van der Waals surface area contributed by atoms with Crippen LogP contribution in [0.1, 0.15) is 38.7 Å². The molecule has 1 aliphatic rings. The molecule has 2 unspecified atom stereocenters. The van der Waals surface area contributed by atoms with E-state index in [4.69, 9.17) is 4.74 Å². The minimum absolute atomic E-state index is 0.170. The number of aromatic nitrogens is 2. The molecule has 1 aromatic heterocycles. The van der Waals surface area contributed by atoms with Gasteiger partial charge in [0.05, 0.1) is 24.5 Å². The summed E-state index contributed by atoms with van der Waals surface area (Å²) >= 11 is 0. The standard InChI is InChI=1S/C12H20N2O2/c1-3-11-7-12(15,5-6-16-11)10-8-13-14(4-2)9-10/h8-9,11,15H,3-7H2,1-2H3. The first-order valence-corrected chi connectivity index (χ1v) is 6.05. The molecule has 1 aromatic rings. The second-order valence-corrected chi connectivity index (χ2v) is 4.47. The number of nitrogens with zero attached hydrogens (tertiary/aromatic N) is 2. The molecule has 0 bridgehead atoms. The number of hydrogen-bond acceptors (Lipinski definition) is 3. The Morgan fingerprint density at radius 3 is 3.06 bits per heavy atom. The van der Waals surface area contributed by atoms with Crippen LogP contribution in [0.3, 0.4) is 0 Å². The molecule has 0 amide bonds. The molecular weight excluding hydrogens is 204 g/mol. The van der Waals surface area contributed by atoms with Gasteiger partial charge >= 0.3 is 0 Å². The van der Waals surface area contributed by atoms with Crippen molar-refractivity contribution in [3.63, 3.8) is 0 Å². The van der Waals surface area contributed by atoms with Crippen LogP contribution >= 0.6 is 0 Å². The third-order valence-corrected chi connectivity index (χ3v) is 3.38. The Morgan fingerprint density at radius 1 is 1.62 bits per heavy atom. The van der Waals surface area contributed by atoms with E-state index in [0.29, 0.717) is 19.4 Å². The Morgan fingerprint density at radius 2 is 2.44 bits per heavy atom. The molecule has 4 heteroatoms. The maximum Gasteiger partial charge on any atom is 0.0973 e. The second kappa shape index (κ2) is 4.55. The lowest BCUT2D eigenvalue weighted by atomic mass is 9.85. The van der Waals surface area contributed by atoms with Crippen molar-refractivity contribution in [1.82, 2.24) is 9.78 Å². The van der Waals surface area contributed by atoms with Crippen LogP contribution in [-0.2, 0) is 16.9 Å². The Labute approximate surface area is 96.2 Å². The van der Waals surface area contributed by atoms with Crippen molar-refractivity contribution < 1.29 is 9.84 Å². The highest BCUT2D eigenvalue weighted by Gasteiger charge is 2.36. The van der Waals surface area contributed by atoms with Crippen molar-refractivity contribution in [2.75, 3.05) is 6.61 Å². The van der Waals surface area contributed by atoms with E-state index in [2.05, 4.69) is 12.0 Å². The van der Waals surface area contributed by atoms with Gasteiger partial charge in [0, 0.05) is 31.1 Å². The molecular formula is C12H20N2O2. The first-order chi connectivity index (χ1) is 7.68. The van der Waals surface area contributed by atoms with Gasteiger partial charge in [0.2, 0.25) is 0 Å². The molecule has 0 saturated carbocycles. The van der Waals surface area contributed by atoms with Crippen LogP contribution in [0.5, 0.6) is 0 Å². The summed E-state index contributed by atoms with van der Waals surface area (Å²) in [5, 5.41) is 14.8. The van der Waals surface area contributed by atoms with E-state index in [1.165, 1.54) is 0 Å². The van der Waals surface area contributed by atoms with Gasteiger partial charge in [-0.15, -0.1) is 0 Å². The van der Waals surface area contributed by atoms with Crippen LogP contribution in [-0.4, -0.2) is 27.6 Å². The van der Waals surface area contributed by atoms with E-state index >= 15 is 0 Å². The predicted octanol–water partition coefficient (Wildman–Crippen LogP) is 1.68. The molecule has 1 N–H and O–H groups in total. The molecule has 1 aliphatic heterocycles. The summed E-state index contributed by atoms with van der Waals surface area (Å²) in [6.07, 6.45) is 6.19. The Bertz CT molecular complexity index is 351. The van der Waals surface area contributed by atoms with E-state index in [0.717, 1.165) is 18.5 Å². The Kier molecular flexibility index (Phi) is 3.30. The molecule has 2 heterocycles. The molecule has 2 rings (SSSR count). The fourth-order valence-electron chi connectivity index (χ4n) is 2.23. The SMILES string of the molecule is CCC1CC(O)(c2cnn(CC)c2)CCO1. The Hall–Kier alpha value is -0.870. The zero-order chi connectivity index (χ0) is 11.6. The van der Waals surface area contributed by atoms with Crippen LogP contribution < -0.4 is 0 Å². The minimum Gasteiger partial charge on any atom is -0.385 e. The summed E-state index contributed by atoms with van der Waals surface area (Å²) in [5.41, 5.74) is 0.183. The maximum absolute atomic E-state index is 10.6. The molecule has 16 heavy (non-hydrogen) atoms. The van der Waals surface area contributed by atoms with Crippen molar-refractivity contribution in [2.24, 2.45) is 0 Å². The largest absolute Gasteiger partial charge is 0.385 e. The van der Waals surface area contributed by atoms with Crippen molar-refractivity contribution in [1.29, 1.82) is 0 Å². The van der Waals surface area contributed by atoms with Crippen molar-refractivity contribution >= 4 is 0 Å². The van der Waals surface area contributed by atoms with Gasteiger partial charge in [0.25, 0.3) is 0 Å². The van der Waals surface area contributed by atoms with Gasteiger partial charge in [0.1, 0.15) is 0 Å². The van der Waals surface area contributed by atoms with Crippen molar-refractivity contribution in [2.45, 2.75) is 51.4 Å². The summed E-state index contributed by atoms with van der Waals surface area (Å²) in [4.78, 5) is 0. The lowest BCUT2D eigenvalue weighted by Crippen LogP contribution is -2.38. The topological polar surface area (TPSA) is 47.3 Å².